The molecule has 76 valence electrons. The molecule has 0 bridgehead atoms. The molecular weight excluding hydrogens is 259 g/mol. The van der Waals surface area contributed by atoms with Crippen molar-refractivity contribution in [3.8, 4) is 0 Å². The molecule has 0 nitrogen and oxygen atoms in total. The molecule has 0 amide bonds. The van der Waals surface area contributed by atoms with Gasteiger partial charge in [-0.05, 0) is 42.4 Å². The molecule has 0 N–H and O–H groups in total. The predicted octanol–water partition coefficient (Wildman–Crippen LogP) is 4.55. The lowest BCUT2D eigenvalue weighted by Gasteiger charge is -2.42. The average Bonchev–Trinajstić information content (AvgIpc) is 2.11. The Morgan fingerprint density at radius 2 is 2.14 bits per heavy atom. The van der Waals surface area contributed by atoms with Gasteiger partial charge in [0.1, 0.15) is 0 Å². The lowest BCUT2D eigenvalue weighted by Crippen LogP contribution is -2.34. The van der Waals surface area contributed by atoms with Crippen molar-refractivity contribution in [3.63, 3.8) is 0 Å². The Hall–Kier alpha value is -0.0100. The summed E-state index contributed by atoms with van der Waals surface area (Å²) in [5, 5.41) is 1.95. The Balaban J connectivity index is 2.27. The maximum absolute atomic E-state index is 6.02. The molecule has 0 aromatic heterocycles. The largest absolute Gasteiger partial charge is 0.0928 e. The summed E-state index contributed by atoms with van der Waals surface area (Å²) < 4.78 is 0. The van der Waals surface area contributed by atoms with Gasteiger partial charge in [0.15, 0.2) is 0 Å². The monoisotopic (exact) mass is 272 g/mol. The van der Waals surface area contributed by atoms with E-state index in [2.05, 4.69) is 34.1 Å². The van der Waals surface area contributed by atoms with Crippen LogP contribution in [0.25, 0.3) is 0 Å². The third kappa shape index (κ3) is 1.85. The second-order valence-electron chi connectivity index (χ2n) is 4.08. The summed E-state index contributed by atoms with van der Waals surface area (Å²) in [5.74, 6) is 0. The minimum Gasteiger partial charge on any atom is -0.0928 e. The van der Waals surface area contributed by atoms with Crippen molar-refractivity contribution in [1.29, 1.82) is 0 Å². The fourth-order valence-corrected chi connectivity index (χ4v) is 3.24. The molecule has 1 aromatic rings. The van der Waals surface area contributed by atoms with E-state index in [1.165, 1.54) is 31.2 Å². The molecule has 1 aliphatic rings. The molecule has 0 spiro atoms. The second kappa shape index (κ2) is 4.24. The molecular formula is C12H14BrCl. The van der Waals surface area contributed by atoms with Crippen molar-refractivity contribution < 1.29 is 0 Å². The minimum absolute atomic E-state index is 0.425. The first kappa shape index (κ1) is 10.5. The first-order valence-corrected chi connectivity index (χ1v) is 6.59. The summed E-state index contributed by atoms with van der Waals surface area (Å²) in [6.45, 7) is 0. The van der Waals surface area contributed by atoms with E-state index in [0.29, 0.717) is 5.41 Å². The van der Waals surface area contributed by atoms with Crippen molar-refractivity contribution in [3.05, 3.63) is 34.9 Å². The van der Waals surface area contributed by atoms with Gasteiger partial charge in [-0.15, -0.1) is 0 Å². The maximum atomic E-state index is 6.02. The molecule has 1 fully saturated rings. The van der Waals surface area contributed by atoms with Gasteiger partial charge in [-0.25, -0.2) is 0 Å². The highest BCUT2D eigenvalue weighted by Gasteiger charge is 2.37. The zero-order valence-electron chi connectivity index (χ0n) is 8.10. The van der Waals surface area contributed by atoms with Crippen molar-refractivity contribution in [1.82, 2.24) is 0 Å². The van der Waals surface area contributed by atoms with Crippen LogP contribution in [0.1, 0.15) is 31.2 Å². The predicted molar refractivity (Wildman–Crippen MR) is 65.4 cm³/mol. The highest BCUT2D eigenvalue weighted by molar-refractivity contribution is 9.09. The van der Waals surface area contributed by atoms with Gasteiger partial charge < -0.3 is 0 Å². The van der Waals surface area contributed by atoms with E-state index in [1.807, 2.05) is 6.07 Å². The molecule has 1 saturated carbocycles. The van der Waals surface area contributed by atoms with Gasteiger partial charge in [-0.1, -0.05) is 46.1 Å². The van der Waals surface area contributed by atoms with E-state index in [4.69, 9.17) is 11.6 Å². The molecule has 0 aliphatic heterocycles. The summed E-state index contributed by atoms with van der Waals surface area (Å²) >= 11 is 9.56. The zero-order valence-corrected chi connectivity index (χ0v) is 10.4. The Labute approximate surface area is 98.8 Å². The molecule has 0 unspecified atom stereocenters. The summed E-state index contributed by atoms with van der Waals surface area (Å²) in [4.78, 5) is 0. The van der Waals surface area contributed by atoms with E-state index in [1.54, 1.807) is 0 Å². The molecule has 2 rings (SSSR count). The van der Waals surface area contributed by atoms with Crippen molar-refractivity contribution in [2.24, 2.45) is 0 Å². The first-order chi connectivity index (χ1) is 6.77. The summed E-state index contributed by atoms with van der Waals surface area (Å²) in [5.41, 5.74) is 1.85. The van der Waals surface area contributed by atoms with Gasteiger partial charge in [0.05, 0.1) is 0 Å². The van der Waals surface area contributed by atoms with Crippen LogP contribution in [-0.4, -0.2) is 5.33 Å². The lowest BCUT2D eigenvalue weighted by atomic mass is 9.63. The van der Waals surface area contributed by atoms with Crippen LogP contribution in [0.4, 0.5) is 0 Å². The van der Waals surface area contributed by atoms with Crippen LogP contribution < -0.4 is 0 Å². The van der Waals surface area contributed by atoms with Gasteiger partial charge in [0.2, 0.25) is 0 Å². The third-order valence-electron chi connectivity index (χ3n) is 3.32. The van der Waals surface area contributed by atoms with Crippen molar-refractivity contribution in [2.45, 2.75) is 31.1 Å². The Morgan fingerprint density at radius 3 is 2.64 bits per heavy atom. The molecule has 1 aliphatic carbocycles. The number of halogens is 2. The van der Waals surface area contributed by atoms with Gasteiger partial charge in [0.25, 0.3) is 0 Å². The van der Waals surface area contributed by atoms with Gasteiger partial charge in [0, 0.05) is 10.4 Å². The van der Waals surface area contributed by atoms with Gasteiger partial charge in [-0.3, -0.25) is 0 Å². The smallest absolute Gasteiger partial charge is 0.0408 e. The van der Waals surface area contributed by atoms with Gasteiger partial charge >= 0.3 is 0 Å². The highest BCUT2D eigenvalue weighted by atomic mass is 79.9. The van der Waals surface area contributed by atoms with Gasteiger partial charge in [-0.2, -0.15) is 0 Å². The number of rotatable bonds is 3. The van der Waals surface area contributed by atoms with Crippen molar-refractivity contribution in [2.75, 3.05) is 5.33 Å². The van der Waals surface area contributed by atoms with E-state index < -0.39 is 0 Å². The van der Waals surface area contributed by atoms with Crippen LogP contribution in [0.15, 0.2) is 24.3 Å². The normalized spacial score (nSPS) is 19.0. The van der Waals surface area contributed by atoms with E-state index >= 15 is 0 Å². The molecule has 14 heavy (non-hydrogen) atoms. The van der Waals surface area contributed by atoms with Crippen LogP contribution in [0.3, 0.4) is 0 Å². The van der Waals surface area contributed by atoms with Crippen LogP contribution >= 0.6 is 27.5 Å². The third-order valence-corrected chi connectivity index (χ3v) is 3.95. The summed E-state index contributed by atoms with van der Waals surface area (Å²) in [7, 11) is 0. The Morgan fingerprint density at radius 1 is 1.36 bits per heavy atom. The average molecular weight is 274 g/mol. The molecule has 0 heterocycles. The fourth-order valence-electron chi connectivity index (χ4n) is 2.29. The Bertz CT molecular complexity index is 318. The number of alkyl halides is 1. The fraction of sp³-hybridized carbons (Fsp3) is 0.500. The van der Waals surface area contributed by atoms with Crippen LogP contribution in [0.2, 0.25) is 5.02 Å². The quantitative estimate of drug-likeness (QED) is 0.709. The molecule has 2 heteroatoms. The first-order valence-electron chi connectivity index (χ1n) is 5.09. The number of benzene rings is 1. The molecule has 0 radical (unpaired) electrons. The number of hydrogen-bond acceptors (Lipinski definition) is 0. The van der Waals surface area contributed by atoms with E-state index in [9.17, 15) is 0 Å². The second-order valence-corrected chi connectivity index (χ2v) is 5.31. The van der Waals surface area contributed by atoms with Crippen LogP contribution in [-0.2, 0) is 5.41 Å². The Kier molecular flexibility index (Phi) is 3.18. The topological polar surface area (TPSA) is 0 Å². The standard InChI is InChI=1S/C12H14BrCl/c13-8-7-12(5-2-6-12)10-3-1-4-11(14)9-10/h1,3-4,9H,2,5-8H2. The maximum Gasteiger partial charge on any atom is 0.0408 e. The summed E-state index contributed by atoms with van der Waals surface area (Å²) in [6.07, 6.45) is 5.23. The van der Waals surface area contributed by atoms with Crippen molar-refractivity contribution >= 4 is 27.5 Å². The summed E-state index contributed by atoms with van der Waals surface area (Å²) in [6, 6.07) is 8.36. The lowest BCUT2D eigenvalue weighted by molar-refractivity contribution is 0.237. The molecule has 1 aromatic carbocycles. The van der Waals surface area contributed by atoms with Crippen LogP contribution in [0, 0.1) is 0 Å². The SMILES string of the molecule is Clc1cccc(C2(CCBr)CCC2)c1. The van der Waals surface area contributed by atoms with E-state index in [0.717, 1.165) is 10.4 Å². The molecule has 0 saturated heterocycles. The zero-order chi connectivity index (χ0) is 10.0. The molecule has 0 atom stereocenters. The highest BCUT2D eigenvalue weighted by Crippen LogP contribution is 2.47. The van der Waals surface area contributed by atoms with E-state index in [-0.39, 0.29) is 0 Å². The minimum atomic E-state index is 0.425. The number of hydrogen-bond donors (Lipinski definition) is 0. The van der Waals surface area contributed by atoms with Crippen LogP contribution in [0.5, 0.6) is 0 Å².